The molecule has 0 heterocycles. The molecule has 0 aliphatic heterocycles. The van der Waals surface area contributed by atoms with Crippen molar-refractivity contribution in [2.45, 2.75) is 57.1 Å². The molecule has 0 amide bonds. The van der Waals surface area contributed by atoms with Crippen LogP contribution in [0.1, 0.15) is 45.7 Å². The molecule has 0 saturated carbocycles. The fourth-order valence-corrected chi connectivity index (χ4v) is 3.87. The molecule has 37 heavy (non-hydrogen) atoms. The van der Waals surface area contributed by atoms with Crippen LogP contribution in [0.3, 0.4) is 0 Å². The van der Waals surface area contributed by atoms with Crippen molar-refractivity contribution in [3.8, 4) is 11.5 Å². The average molecular weight is 553 g/mol. The lowest BCUT2D eigenvalue weighted by Gasteiger charge is -2.27. The van der Waals surface area contributed by atoms with Gasteiger partial charge in [-0.15, -0.1) is 24.2 Å². The molecule has 0 saturated heterocycles. The summed E-state index contributed by atoms with van der Waals surface area (Å²) < 4.78 is 26.7. The van der Waals surface area contributed by atoms with Crippen molar-refractivity contribution in [3.05, 3.63) is 53.6 Å². The molecule has 2 unspecified atom stereocenters. The summed E-state index contributed by atoms with van der Waals surface area (Å²) in [6, 6.07) is 13.3. The van der Waals surface area contributed by atoms with Crippen molar-refractivity contribution in [2.24, 2.45) is 0 Å². The molecule has 10 heteroatoms. The van der Waals surface area contributed by atoms with Gasteiger partial charge in [-0.1, -0.05) is 32.0 Å². The number of hydrogen-bond donors (Lipinski definition) is 1. The summed E-state index contributed by atoms with van der Waals surface area (Å²) in [5.74, 6) is -0.0943. The van der Waals surface area contributed by atoms with Crippen LogP contribution >= 0.6 is 24.2 Å². The molecule has 0 aliphatic rings. The minimum Gasteiger partial charge on any atom is -0.490 e. The lowest BCUT2D eigenvalue weighted by atomic mass is 9.78. The number of carbonyl (C=O) groups is 3. The topological polar surface area (TPSA) is 97.4 Å². The molecule has 2 aromatic carbocycles. The van der Waals surface area contributed by atoms with E-state index >= 15 is 0 Å². The standard InChI is InChI=1S/C27H33ClO8S/c1-17(29)32-15-24(36-19(3)31)16-33-22-9-6-20(7-10-22)27(4,5)21-8-11-25(26(37)12-21)34-14-23(13-28)35-18(2)30/h6-12,23-24,37H,13-16H2,1-5H3. The third-order valence-corrected chi connectivity index (χ3v) is 6.12. The quantitative estimate of drug-likeness (QED) is 0.165. The van der Waals surface area contributed by atoms with Crippen molar-refractivity contribution in [1.29, 1.82) is 0 Å². The summed E-state index contributed by atoms with van der Waals surface area (Å²) in [5, 5.41) is 0. The molecule has 0 spiro atoms. The molecule has 0 bridgehead atoms. The number of halogens is 1. The van der Waals surface area contributed by atoms with Gasteiger partial charge in [0, 0.05) is 31.1 Å². The van der Waals surface area contributed by atoms with Gasteiger partial charge in [0.15, 0.2) is 6.10 Å². The molecule has 0 fully saturated rings. The first kappa shape index (κ1) is 30.3. The molecule has 0 aliphatic carbocycles. The maximum atomic E-state index is 11.3. The van der Waals surface area contributed by atoms with Gasteiger partial charge < -0.3 is 23.7 Å². The highest BCUT2D eigenvalue weighted by atomic mass is 35.5. The van der Waals surface area contributed by atoms with Gasteiger partial charge in [0.05, 0.1) is 5.88 Å². The maximum Gasteiger partial charge on any atom is 0.303 e. The van der Waals surface area contributed by atoms with Crippen LogP contribution in [-0.2, 0) is 34.0 Å². The molecule has 0 aromatic heterocycles. The molecule has 2 rings (SSSR count). The maximum absolute atomic E-state index is 11.3. The number of hydrogen-bond acceptors (Lipinski definition) is 9. The fourth-order valence-electron chi connectivity index (χ4n) is 3.44. The number of carbonyl (C=O) groups excluding carboxylic acids is 3. The predicted molar refractivity (Wildman–Crippen MR) is 142 cm³/mol. The Morgan fingerprint density at radius 1 is 0.811 bits per heavy atom. The molecule has 2 aromatic rings. The SMILES string of the molecule is CC(=O)OCC(COc1ccc(C(C)(C)c2ccc(OCC(CCl)OC(C)=O)c(S)c2)cc1)OC(C)=O. The van der Waals surface area contributed by atoms with Crippen LogP contribution in [0.15, 0.2) is 47.4 Å². The molecule has 0 N–H and O–H groups in total. The van der Waals surface area contributed by atoms with Gasteiger partial charge >= 0.3 is 17.9 Å². The minimum atomic E-state index is -0.708. The number of alkyl halides is 1. The number of esters is 3. The first-order chi connectivity index (χ1) is 17.4. The van der Waals surface area contributed by atoms with E-state index in [4.69, 9.17) is 35.3 Å². The number of benzene rings is 2. The fraction of sp³-hybridized carbons (Fsp3) is 0.444. The van der Waals surface area contributed by atoms with Crippen LogP contribution in [0.5, 0.6) is 11.5 Å². The second-order valence-corrected chi connectivity index (χ2v) is 9.66. The van der Waals surface area contributed by atoms with Crippen molar-refractivity contribution >= 4 is 42.1 Å². The van der Waals surface area contributed by atoms with Gasteiger partial charge in [0.25, 0.3) is 0 Å². The molecular weight excluding hydrogens is 520 g/mol. The highest BCUT2D eigenvalue weighted by molar-refractivity contribution is 7.80. The van der Waals surface area contributed by atoms with E-state index in [-0.39, 0.29) is 31.1 Å². The Bertz CT molecular complexity index is 1070. The predicted octanol–water partition coefficient (Wildman–Crippen LogP) is 4.72. The minimum absolute atomic E-state index is 0.0438. The Morgan fingerprint density at radius 2 is 1.38 bits per heavy atom. The van der Waals surface area contributed by atoms with Gasteiger partial charge in [-0.3, -0.25) is 14.4 Å². The summed E-state index contributed by atoms with van der Waals surface area (Å²) in [6.45, 7) is 8.16. The Balaban J connectivity index is 2.06. The first-order valence-corrected chi connectivity index (χ1v) is 12.6. The summed E-state index contributed by atoms with van der Waals surface area (Å²) in [5.41, 5.74) is 1.69. The summed E-state index contributed by atoms with van der Waals surface area (Å²) in [6.07, 6.45) is -1.25. The van der Waals surface area contributed by atoms with Crippen molar-refractivity contribution < 1.29 is 38.1 Å². The Kier molecular flexibility index (Phi) is 11.6. The van der Waals surface area contributed by atoms with Crippen LogP contribution in [0.2, 0.25) is 0 Å². The van der Waals surface area contributed by atoms with E-state index in [0.717, 1.165) is 11.1 Å². The smallest absolute Gasteiger partial charge is 0.303 e. The summed E-state index contributed by atoms with van der Waals surface area (Å²) in [4.78, 5) is 34.2. The van der Waals surface area contributed by atoms with Crippen LogP contribution in [0.4, 0.5) is 0 Å². The molecule has 2 atom stereocenters. The average Bonchev–Trinajstić information content (AvgIpc) is 2.83. The van der Waals surface area contributed by atoms with Gasteiger partial charge in [-0.25, -0.2) is 0 Å². The van der Waals surface area contributed by atoms with E-state index in [1.807, 2.05) is 42.5 Å². The van der Waals surface area contributed by atoms with Crippen LogP contribution < -0.4 is 9.47 Å². The lowest BCUT2D eigenvalue weighted by Crippen LogP contribution is -2.29. The highest BCUT2D eigenvalue weighted by Crippen LogP contribution is 2.36. The van der Waals surface area contributed by atoms with E-state index in [2.05, 4.69) is 26.5 Å². The molecule has 0 radical (unpaired) electrons. The van der Waals surface area contributed by atoms with Crippen LogP contribution in [-0.4, -0.2) is 55.8 Å². The van der Waals surface area contributed by atoms with Gasteiger partial charge in [-0.2, -0.15) is 0 Å². The molecular formula is C27H33ClO8S. The zero-order valence-corrected chi connectivity index (χ0v) is 23.3. The zero-order chi connectivity index (χ0) is 27.6. The van der Waals surface area contributed by atoms with Gasteiger partial charge in [-0.05, 0) is 35.4 Å². The van der Waals surface area contributed by atoms with E-state index < -0.39 is 30.1 Å². The molecule has 202 valence electrons. The van der Waals surface area contributed by atoms with Crippen LogP contribution in [0.25, 0.3) is 0 Å². The van der Waals surface area contributed by atoms with E-state index in [1.54, 1.807) is 0 Å². The van der Waals surface area contributed by atoms with E-state index in [1.165, 1.54) is 20.8 Å². The summed E-state index contributed by atoms with van der Waals surface area (Å²) >= 11 is 10.4. The van der Waals surface area contributed by atoms with Gasteiger partial charge in [0.1, 0.15) is 37.4 Å². The molecule has 8 nitrogen and oxygen atoms in total. The largest absolute Gasteiger partial charge is 0.490 e. The highest BCUT2D eigenvalue weighted by Gasteiger charge is 2.24. The van der Waals surface area contributed by atoms with Crippen molar-refractivity contribution in [2.75, 3.05) is 25.7 Å². The van der Waals surface area contributed by atoms with Crippen molar-refractivity contribution in [3.63, 3.8) is 0 Å². The number of rotatable bonds is 13. The normalized spacial score (nSPS) is 12.7. The Morgan fingerprint density at radius 3 is 1.92 bits per heavy atom. The van der Waals surface area contributed by atoms with Crippen molar-refractivity contribution in [1.82, 2.24) is 0 Å². The van der Waals surface area contributed by atoms with Crippen LogP contribution in [0, 0.1) is 0 Å². The third-order valence-electron chi connectivity index (χ3n) is 5.43. The number of thiol groups is 1. The Labute approximate surface area is 227 Å². The monoisotopic (exact) mass is 552 g/mol. The Hall–Kier alpha value is -2.91. The number of ether oxygens (including phenoxy) is 5. The second kappa shape index (κ2) is 14.1. The van der Waals surface area contributed by atoms with E-state index in [0.29, 0.717) is 16.4 Å². The third kappa shape index (κ3) is 9.81. The summed E-state index contributed by atoms with van der Waals surface area (Å²) in [7, 11) is 0. The zero-order valence-electron chi connectivity index (χ0n) is 21.6. The van der Waals surface area contributed by atoms with Gasteiger partial charge in [0.2, 0.25) is 0 Å². The van der Waals surface area contributed by atoms with E-state index in [9.17, 15) is 14.4 Å². The lowest BCUT2D eigenvalue weighted by molar-refractivity contribution is -0.158. The second-order valence-electron chi connectivity index (χ2n) is 8.87. The first-order valence-electron chi connectivity index (χ1n) is 11.7.